The molecule has 2 amide bonds. The van der Waals surface area contributed by atoms with Crippen molar-refractivity contribution in [1.82, 2.24) is 10.2 Å². The summed E-state index contributed by atoms with van der Waals surface area (Å²) in [5, 5.41) is 2.93. The summed E-state index contributed by atoms with van der Waals surface area (Å²) in [5.41, 5.74) is 0. The topological polar surface area (TPSA) is 66.5 Å². The van der Waals surface area contributed by atoms with Crippen molar-refractivity contribution in [1.29, 1.82) is 0 Å². The van der Waals surface area contributed by atoms with Gasteiger partial charge in [0.05, 0.1) is 0 Å². The molecule has 2 bridgehead atoms. The van der Waals surface area contributed by atoms with Crippen LogP contribution in [0.3, 0.4) is 0 Å². The summed E-state index contributed by atoms with van der Waals surface area (Å²) < 4.78 is 0. The van der Waals surface area contributed by atoms with Crippen LogP contribution in [0.25, 0.3) is 0 Å². The predicted octanol–water partition coefficient (Wildman–Crippen LogP) is 1.51. The molecule has 3 rings (SSSR count). The molecule has 1 saturated heterocycles. The minimum absolute atomic E-state index is 0.0177. The molecule has 0 aromatic carbocycles. The fourth-order valence-electron chi connectivity index (χ4n) is 4.52. The summed E-state index contributed by atoms with van der Waals surface area (Å²) >= 11 is 0. The van der Waals surface area contributed by atoms with E-state index in [9.17, 15) is 14.4 Å². The number of hydrogen-bond acceptors (Lipinski definition) is 3. The van der Waals surface area contributed by atoms with Crippen LogP contribution < -0.4 is 5.32 Å². The molecule has 5 nitrogen and oxygen atoms in total. The second-order valence-electron chi connectivity index (χ2n) is 7.22. The van der Waals surface area contributed by atoms with E-state index in [1.165, 1.54) is 6.92 Å². The van der Waals surface area contributed by atoms with Crippen molar-refractivity contribution in [3.63, 3.8) is 0 Å². The van der Waals surface area contributed by atoms with Gasteiger partial charge in [-0.3, -0.25) is 14.4 Å². The molecule has 0 aromatic rings. The van der Waals surface area contributed by atoms with Crippen molar-refractivity contribution in [2.75, 3.05) is 13.1 Å². The first-order valence-electron chi connectivity index (χ1n) is 8.64. The summed E-state index contributed by atoms with van der Waals surface area (Å²) in [4.78, 5) is 38.1. The third-order valence-corrected chi connectivity index (χ3v) is 5.54. The van der Waals surface area contributed by atoms with Crippen LogP contribution in [0.4, 0.5) is 0 Å². The summed E-state index contributed by atoms with van der Waals surface area (Å²) in [6, 6.07) is 0.0833. The zero-order valence-electron chi connectivity index (χ0n) is 13.3. The normalized spacial score (nSPS) is 35.1. The van der Waals surface area contributed by atoms with Gasteiger partial charge < -0.3 is 10.2 Å². The molecule has 0 spiro atoms. The Hall–Kier alpha value is -1.39. The molecule has 1 heterocycles. The van der Waals surface area contributed by atoms with E-state index < -0.39 is 0 Å². The van der Waals surface area contributed by atoms with Crippen LogP contribution >= 0.6 is 0 Å². The number of rotatable bonds is 2. The second-order valence-corrected chi connectivity index (χ2v) is 7.22. The second kappa shape index (κ2) is 6.39. The predicted molar refractivity (Wildman–Crippen MR) is 82.0 cm³/mol. The maximum atomic E-state index is 12.8. The number of likely N-dealkylation sites (tertiary alicyclic amines) is 1. The maximum Gasteiger partial charge on any atom is 0.225 e. The molecular weight excluding hydrogens is 280 g/mol. The fourth-order valence-corrected chi connectivity index (χ4v) is 4.52. The van der Waals surface area contributed by atoms with E-state index >= 15 is 0 Å². The lowest BCUT2D eigenvalue weighted by Crippen LogP contribution is -2.52. The Morgan fingerprint density at radius 2 is 1.77 bits per heavy atom. The minimum atomic E-state index is -0.0305. The molecule has 3 fully saturated rings. The Labute approximate surface area is 131 Å². The van der Waals surface area contributed by atoms with Crippen molar-refractivity contribution in [2.24, 2.45) is 17.8 Å². The molecule has 2 saturated carbocycles. The molecule has 5 heteroatoms. The van der Waals surface area contributed by atoms with Crippen molar-refractivity contribution in [3.8, 4) is 0 Å². The monoisotopic (exact) mass is 306 g/mol. The van der Waals surface area contributed by atoms with Gasteiger partial charge in [0.15, 0.2) is 0 Å². The van der Waals surface area contributed by atoms with Crippen molar-refractivity contribution in [3.05, 3.63) is 0 Å². The quantitative estimate of drug-likeness (QED) is 0.841. The first-order valence-corrected chi connectivity index (χ1v) is 8.64. The molecule has 2 aliphatic carbocycles. The first kappa shape index (κ1) is 15.5. The molecule has 3 unspecified atom stereocenters. The molecule has 1 aliphatic heterocycles. The van der Waals surface area contributed by atoms with Crippen LogP contribution in [0.1, 0.15) is 51.9 Å². The number of nitrogens with zero attached hydrogens (tertiary/aromatic N) is 1. The molecular formula is C17H26N2O3. The van der Waals surface area contributed by atoms with Gasteiger partial charge in [-0.2, -0.15) is 0 Å². The summed E-state index contributed by atoms with van der Waals surface area (Å²) in [6.07, 6.45) is 6.44. The highest BCUT2D eigenvalue weighted by Crippen LogP contribution is 2.40. The first-order chi connectivity index (χ1) is 10.5. The van der Waals surface area contributed by atoms with Gasteiger partial charge in [-0.15, -0.1) is 0 Å². The number of ketones is 1. The van der Waals surface area contributed by atoms with E-state index in [2.05, 4.69) is 5.32 Å². The van der Waals surface area contributed by atoms with Crippen molar-refractivity contribution < 1.29 is 14.4 Å². The zero-order valence-corrected chi connectivity index (χ0v) is 13.3. The van der Waals surface area contributed by atoms with Crippen LogP contribution in [-0.2, 0) is 14.4 Å². The third kappa shape index (κ3) is 3.18. The molecule has 122 valence electrons. The van der Waals surface area contributed by atoms with E-state index in [-0.39, 0.29) is 35.6 Å². The number of amides is 2. The Morgan fingerprint density at radius 1 is 1.09 bits per heavy atom. The molecule has 22 heavy (non-hydrogen) atoms. The number of Topliss-reactive ketones (excluding diaryl/α,β-unsaturated/α-hetero) is 1. The van der Waals surface area contributed by atoms with E-state index in [0.29, 0.717) is 12.3 Å². The SMILES string of the molecule is CC(=O)NC1CCCN(C(=O)C2CC3CCCC(C2)C3=O)C1. The smallest absolute Gasteiger partial charge is 0.225 e. The van der Waals surface area contributed by atoms with Gasteiger partial charge in [-0.05, 0) is 38.5 Å². The zero-order chi connectivity index (χ0) is 15.7. The minimum Gasteiger partial charge on any atom is -0.352 e. The van der Waals surface area contributed by atoms with Gasteiger partial charge in [-0.25, -0.2) is 0 Å². The van der Waals surface area contributed by atoms with Crippen LogP contribution in [0.15, 0.2) is 0 Å². The maximum absolute atomic E-state index is 12.8. The number of piperidine rings is 1. The fraction of sp³-hybridized carbons (Fsp3) is 0.824. The number of fused-ring (bicyclic) bond motifs is 2. The Morgan fingerprint density at radius 3 is 2.41 bits per heavy atom. The van der Waals surface area contributed by atoms with Gasteiger partial charge in [0.1, 0.15) is 5.78 Å². The van der Waals surface area contributed by atoms with Gasteiger partial charge in [0.2, 0.25) is 11.8 Å². The van der Waals surface area contributed by atoms with Crippen molar-refractivity contribution >= 4 is 17.6 Å². The number of carbonyl (C=O) groups is 3. The van der Waals surface area contributed by atoms with Gasteiger partial charge in [-0.1, -0.05) is 6.42 Å². The Balaban J connectivity index is 1.61. The summed E-state index contributed by atoms with van der Waals surface area (Å²) in [6.45, 7) is 2.93. The average Bonchev–Trinajstić information content (AvgIpc) is 2.46. The summed E-state index contributed by atoms with van der Waals surface area (Å²) in [7, 11) is 0. The highest BCUT2D eigenvalue weighted by atomic mass is 16.2. The van der Waals surface area contributed by atoms with Gasteiger partial charge in [0, 0.05) is 43.8 Å². The summed E-state index contributed by atoms with van der Waals surface area (Å²) in [5.74, 6) is 0.848. The lowest BCUT2D eigenvalue weighted by molar-refractivity contribution is -0.144. The highest BCUT2D eigenvalue weighted by molar-refractivity contribution is 5.88. The molecule has 1 N–H and O–H groups in total. The van der Waals surface area contributed by atoms with Crippen LogP contribution in [0.2, 0.25) is 0 Å². The van der Waals surface area contributed by atoms with Crippen LogP contribution in [-0.4, -0.2) is 41.6 Å². The van der Waals surface area contributed by atoms with Gasteiger partial charge >= 0.3 is 0 Å². The largest absolute Gasteiger partial charge is 0.352 e. The molecule has 0 radical (unpaired) electrons. The Bertz CT molecular complexity index is 461. The Kier molecular flexibility index (Phi) is 4.50. The molecule has 0 aromatic heterocycles. The lowest BCUT2D eigenvalue weighted by Gasteiger charge is -2.40. The number of carbonyl (C=O) groups excluding carboxylic acids is 3. The highest BCUT2D eigenvalue weighted by Gasteiger charge is 2.42. The lowest BCUT2D eigenvalue weighted by atomic mass is 9.67. The number of hydrogen-bond donors (Lipinski definition) is 1. The number of nitrogens with one attached hydrogen (secondary N) is 1. The third-order valence-electron chi connectivity index (χ3n) is 5.54. The van der Waals surface area contributed by atoms with Crippen LogP contribution in [0, 0.1) is 17.8 Å². The van der Waals surface area contributed by atoms with Crippen molar-refractivity contribution in [2.45, 2.75) is 57.9 Å². The van der Waals surface area contributed by atoms with E-state index in [0.717, 1.165) is 51.5 Å². The standard InChI is InChI=1S/C17H26N2O3/c1-11(20)18-15-6-3-7-19(10-15)17(22)14-8-12-4-2-5-13(9-14)16(12)21/h12-15H,2-10H2,1H3,(H,18,20). The van der Waals surface area contributed by atoms with E-state index in [4.69, 9.17) is 0 Å². The molecule has 3 atom stereocenters. The van der Waals surface area contributed by atoms with E-state index in [1.54, 1.807) is 0 Å². The van der Waals surface area contributed by atoms with Crippen LogP contribution in [0.5, 0.6) is 0 Å². The van der Waals surface area contributed by atoms with Gasteiger partial charge in [0.25, 0.3) is 0 Å². The van der Waals surface area contributed by atoms with E-state index in [1.807, 2.05) is 4.90 Å². The average molecular weight is 306 g/mol. The molecule has 3 aliphatic rings.